The number of halogens is 1. The van der Waals surface area contributed by atoms with Crippen molar-refractivity contribution in [2.45, 2.75) is 6.61 Å². The van der Waals surface area contributed by atoms with Gasteiger partial charge in [-0.25, -0.2) is 0 Å². The zero-order chi connectivity index (χ0) is 14.5. The monoisotopic (exact) mass is 293 g/mol. The van der Waals surface area contributed by atoms with Gasteiger partial charge >= 0.3 is 0 Å². The number of hydrogen-bond acceptors (Lipinski definition) is 4. The van der Waals surface area contributed by atoms with E-state index in [1.165, 1.54) is 0 Å². The van der Waals surface area contributed by atoms with Gasteiger partial charge in [-0.1, -0.05) is 17.7 Å². The number of hydrogen-bond donors (Lipinski definition) is 1. The summed E-state index contributed by atoms with van der Waals surface area (Å²) >= 11 is 5.86. The van der Waals surface area contributed by atoms with Crippen LogP contribution in [0.1, 0.15) is 5.56 Å². The van der Waals surface area contributed by atoms with Crippen molar-refractivity contribution >= 4 is 17.3 Å². The standard InChI is InChI=1S/C15H16ClNO3/c1-18-12-6-13(19-2)8-14(7-12)20-9-10-3-4-11(16)5-15(10)17/h3-8H,9,17H2,1-2H3. The van der Waals surface area contributed by atoms with Crippen LogP contribution >= 0.6 is 11.6 Å². The molecule has 0 aliphatic carbocycles. The Hall–Kier alpha value is -2.07. The molecule has 0 heterocycles. The van der Waals surface area contributed by atoms with Crippen LogP contribution in [-0.4, -0.2) is 14.2 Å². The molecule has 0 aliphatic rings. The van der Waals surface area contributed by atoms with Crippen LogP contribution in [0.15, 0.2) is 36.4 Å². The fourth-order valence-corrected chi connectivity index (χ4v) is 1.90. The summed E-state index contributed by atoms with van der Waals surface area (Å²) in [6, 6.07) is 10.7. The maximum Gasteiger partial charge on any atom is 0.127 e. The van der Waals surface area contributed by atoms with Crippen LogP contribution in [0.25, 0.3) is 0 Å². The summed E-state index contributed by atoms with van der Waals surface area (Å²) in [6.45, 7) is 0.347. The molecule has 0 saturated carbocycles. The second-order valence-corrected chi connectivity index (χ2v) is 4.62. The molecule has 0 fully saturated rings. The summed E-state index contributed by atoms with van der Waals surface area (Å²) in [7, 11) is 3.19. The Labute approximate surface area is 123 Å². The molecular weight excluding hydrogens is 278 g/mol. The number of anilines is 1. The van der Waals surface area contributed by atoms with Gasteiger partial charge in [0.25, 0.3) is 0 Å². The molecule has 2 N–H and O–H groups in total. The van der Waals surface area contributed by atoms with Crippen molar-refractivity contribution < 1.29 is 14.2 Å². The Balaban J connectivity index is 2.13. The van der Waals surface area contributed by atoms with Crippen LogP contribution in [0, 0.1) is 0 Å². The second-order valence-electron chi connectivity index (χ2n) is 4.18. The van der Waals surface area contributed by atoms with Crippen LogP contribution in [0.5, 0.6) is 17.2 Å². The third-order valence-electron chi connectivity index (χ3n) is 2.83. The van der Waals surface area contributed by atoms with Gasteiger partial charge < -0.3 is 19.9 Å². The van der Waals surface area contributed by atoms with E-state index < -0.39 is 0 Å². The first-order chi connectivity index (χ1) is 9.62. The van der Waals surface area contributed by atoms with Gasteiger partial charge in [-0.15, -0.1) is 0 Å². The molecule has 0 unspecified atom stereocenters. The molecule has 4 nitrogen and oxygen atoms in total. The Morgan fingerprint density at radius 1 is 0.950 bits per heavy atom. The summed E-state index contributed by atoms with van der Waals surface area (Å²) < 4.78 is 16.1. The van der Waals surface area contributed by atoms with Gasteiger partial charge in [-0.3, -0.25) is 0 Å². The maximum absolute atomic E-state index is 5.88. The maximum atomic E-state index is 5.88. The van der Waals surface area contributed by atoms with Gasteiger partial charge in [0, 0.05) is 34.5 Å². The second kappa shape index (κ2) is 6.39. The number of nitrogens with two attached hydrogens (primary N) is 1. The van der Waals surface area contributed by atoms with Crippen molar-refractivity contribution in [1.82, 2.24) is 0 Å². The minimum absolute atomic E-state index is 0.347. The van der Waals surface area contributed by atoms with Crippen LogP contribution in [0.3, 0.4) is 0 Å². The summed E-state index contributed by atoms with van der Waals surface area (Å²) in [5.41, 5.74) is 7.36. The summed E-state index contributed by atoms with van der Waals surface area (Å²) in [5.74, 6) is 1.99. The molecule has 5 heteroatoms. The summed E-state index contributed by atoms with van der Waals surface area (Å²) in [6.07, 6.45) is 0. The van der Waals surface area contributed by atoms with Gasteiger partial charge in [0.15, 0.2) is 0 Å². The molecule has 0 saturated heterocycles. The summed E-state index contributed by atoms with van der Waals surface area (Å²) in [4.78, 5) is 0. The zero-order valence-corrected chi connectivity index (χ0v) is 12.1. The highest BCUT2D eigenvalue weighted by atomic mass is 35.5. The largest absolute Gasteiger partial charge is 0.496 e. The lowest BCUT2D eigenvalue weighted by Gasteiger charge is -2.11. The average Bonchev–Trinajstić information content (AvgIpc) is 2.46. The highest BCUT2D eigenvalue weighted by Crippen LogP contribution is 2.28. The Morgan fingerprint density at radius 3 is 2.10 bits per heavy atom. The highest BCUT2D eigenvalue weighted by molar-refractivity contribution is 6.30. The molecule has 0 spiro atoms. The molecular formula is C15H16ClNO3. The number of methoxy groups -OCH3 is 2. The lowest BCUT2D eigenvalue weighted by molar-refractivity contribution is 0.301. The van der Waals surface area contributed by atoms with E-state index in [2.05, 4.69) is 0 Å². The normalized spacial score (nSPS) is 10.2. The minimum atomic E-state index is 0.347. The number of benzene rings is 2. The van der Waals surface area contributed by atoms with Crippen molar-refractivity contribution in [2.24, 2.45) is 0 Å². The first-order valence-electron chi connectivity index (χ1n) is 6.02. The molecule has 0 aromatic heterocycles. The predicted molar refractivity (Wildman–Crippen MR) is 79.7 cm³/mol. The Bertz CT molecular complexity index is 579. The smallest absolute Gasteiger partial charge is 0.127 e. The number of rotatable bonds is 5. The number of nitrogen functional groups attached to an aromatic ring is 1. The van der Waals surface area contributed by atoms with Crippen LogP contribution < -0.4 is 19.9 Å². The van der Waals surface area contributed by atoms with Gasteiger partial charge in [0.05, 0.1) is 14.2 Å². The van der Waals surface area contributed by atoms with Crippen LogP contribution in [0.2, 0.25) is 5.02 Å². The lowest BCUT2D eigenvalue weighted by Crippen LogP contribution is -2.00. The molecule has 0 radical (unpaired) electrons. The van der Waals surface area contributed by atoms with Crippen molar-refractivity contribution in [2.75, 3.05) is 20.0 Å². The fourth-order valence-electron chi connectivity index (χ4n) is 1.72. The van der Waals surface area contributed by atoms with E-state index in [-0.39, 0.29) is 0 Å². The Kier molecular flexibility index (Phi) is 4.58. The van der Waals surface area contributed by atoms with E-state index in [1.54, 1.807) is 44.6 Å². The van der Waals surface area contributed by atoms with Crippen molar-refractivity contribution in [3.63, 3.8) is 0 Å². The quantitative estimate of drug-likeness (QED) is 0.857. The fraction of sp³-hybridized carbons (Fsp3) is 0.200. The molecule has 2 aromatic carbocycles. The van der Waals surface area contributed by atoms with Crippen molar-refractivity contribution in [3.05, 3.63) is 47.0 Å². The molecule has 2 rings (SSSR count). The van der Waals surface area contributed by atoms with E-state index in [9.17, 15) is 0 Å². The van der Waals surface area contributed by atoms with E-state index >= 15 is 0 Å². The molecule has 20 heavy (non-hydrogen) atoms. The third kappa shape index (κ3) is 3.48. The summed E-state index contributed by atoms with van der Waals surface area (Å²) in [5, 5.41) is 0.606. The Morgan fingerprint density at radius 2 is 1.55 bits per heavy atom. The van der Waals surface area contributed by atoms with E-state index in [0.717, 1.165) is 5.56 Å². The molecule has 0 aliphatic heterocycles. The van der Waals surface area contributed by atoms with Crippen LogP contribution in [0.4, 0.5) is 5.69 Å². The topological polar surface area (TPSA) is 53.7 Å². The van der Waals surface area contributed by atoms with Crippen LogP contribution in [-0.2, 0) is 6.61 Å². The molecule has 0 atom stereocenters. The average molecular weight is 294 g/mol. The molecule has 0 amide bonds. The molecule has 2 aromatic rings. The van der Waals surface area contributed by atoms with Crippen molar-refractivity contribution in [1.29, 1.82) is 0 Å². The van der Waals surface area contributed by atoms with Crippen molar-refractivity contribution in [3.8, 4) is 17.2 Å². The highest BCUT2D eigenvalue weighted by Gasteiger charge is 2.05. The third-order valence-corrected chi connectivity index (χ3v) is 3.06. The lowest BCUT2D eigenvalue weighted by atomic mass is 10.2. The van der Waals surface area contributed by atoms with E-state index in [1.807, 2.05) is 6.07 Å². The predicted octanol–water partition coefficient (Wildman–Crippen LogP) is 3.52. The van der Waals surface area contributed by atoms with Gasteiger partial charge in [-0.2, -0.15) is 0 Å². The van der Waals surface area contributed by atoms with Gasteiger partial charge in [-0.05, 0) is 12.1 Å². The SMILES string of the molecule is COc1cc(OC)cc(OCc2ccc(Cl)cc2N)c1. The first kappa shape index (κ1) is 14.3. The van der Waals surface area contributed by atoms with E-state index in [0.29, 0.717) is 34.6 Å². The number of ether oxygens (including phenoxy) is 3. The van der Waals surface area contributed by atoms with E-state index in [4.69, 9.17) is 31.5 Å². The molecule has 106 valence electrons. The molecule has 0 bridgehead atoms. The minimum Gasteiger partial charge on any atom is -0.496 e. The van der Waals surface area contributed by atoms with Gasteiger partial charge in [0.1, 0.15) is 23.9 Å². The first-order valence-corrected chi connectivity index (χ1v) is 6.40. The zero-order valence-electron chi connectivity index (χ0n) is 11.4. The van der Waals surface area contributed by atoms with Gasteiger partial charge in [0.2, 0.25) is 0 Å².